The van der Waals surface area contributed by atoms with Gasteiger partial charge < -0.3 is 19.2 Å². The molecule has 0 unspecified atom stereocenters. The average molecular weight is 636 g/mol. The number of allylic oxidation sites excluding steroid dienone is 1. The molecule has 5 aromatic rings. The summed E-state index contributed by atoms with van der Waals surface area (Å²) in [5, 5.41) is 0. The van der Waals surface area contributed by atoms with Crippen molar-refractivity contribution in [2.24, 2.45) is 9.98 Å². The minimum absolute atomic E-state index is 0.158. The highest BCUT2D eigenvalue weighted by Crippen LogP contribution is 2.45. The predicted octanol–water partition coefficient (Wildman–Crippen LogP) is 8.79. The van der Waals surface area contributed by atoms with E-state index in [1.54, 1.807) is 7.11 Å². The van der Waals surface area contributed by atoms with Crippen LogP contribution in [0.4, 0.5) is 5.82 Å². The molecule has 1 aliphatic heterocycles. The SMILES string of the molecule is COc1ccc2c(c1)CCc1c-2[nH]c(/N=C2\N=C(c3ccc(OCC(=O)OC(C)(C)C)cc3)C=C2c2ccccc2)c1-c1ccccc1. The van der Waals surface area contributed by atoms with Crippen LogP contribution in [0.15, 0.2) is 119 Å². The van der Waals surface area contributed by atoms with Crippen LogP contribution in [-0.2, 0) is 22.4 Å². The highest BCUT2D eigenvalue weighted by molar-refractivity contribution is 6.38. The zero-order valence-electron chi connectivity index (χ0n) is 27.5. The lowest BCUT2D eigenvalue weighted by Crippen LogP contribution is -2.27. The van der Waals surface area contributed by atoms with Crippen LogP contribution in [0.25, 0.3) is 28.0 Å². The number of aryl methyl sites for hydroxylation is 1. The zero-order chi connectivity index (χ0) is 33.3. The van der Waals surface area contributed by atoms with E-state index in [0.29, 0.717) is 11.6 Å². The second-order valence-electron chi connectivity index (χ2n) is 12.8. The molecule has 2 heterocycles. The van der Waals surface area contributed by atoms with Gasteiger partial charge in [-0.3, -0.25) is 0 Å². The number of ether oxygens (including phenoxy) is 3. The van der Waals surface area contributed by atoms with Crippen LogP contribution in [0.2, 0.25) is 0 Å². The Morgan fingerprint density at radius 2 is 1.52 bits per heavy atom. The first-order chi connectivity index (χ1) is 23.3. The van der Waals surface area contributed by atoms with E-state index in [1.165, 1.54) is 16.7 Å². The normalized spacial score (nSPS) is 14.5. The number of carbonyl (C=O) groups is 1. The van der Waals surface area contributed by atoms with Crippen LogP contribution in [-0.4, -0.2) is 41.8 Å². The van der Waals surface area contributed by atoms with Gasteiger partial charge in [0.25, 0.3) is 0 Å². The van der Waals surface area contributed by atoms with Gasteiger partial charge in [0.15, 0.2) is 12.4 Å². The van der Waals surface area contributed by atoms with Gasteiger partial charge in [-0.2, -0.15) is 0 Å². The topological polar surface area (TPSA) is 85.3 Å². The standard InChI is InChI=1S/C41H37N3O4/c1-41(2,3)48-36(45)25-47-30-18-15-27(16-19-30)35-24-34(26-11-7-5-8-12-26)39(42-35)44-40-37(28-13-9-6-10-14-28)33-21-17-29-23-31(46-4)20-22-32(29)38(33)43-40/h5-16,18-20,22-24,43H,17,21,25H2,1-4H3/b44-39-. The number of aromatic amines is 1. The Kier molecular flexibility index (Phi) is 8.27. The molecule has 1 aliphatic carbocycles. The predicted molar refractivity (Wildman–Crippen MR) is 191 cm³/mol. The Balaban J connectivity index is 1.27. The third-order valence-electron chi connectivity index (χ3n) is 8.35. The Morgan fingerprint density at radius 3 is 2.21 bits per heavy atom. The van der Waals surface area contributed by atoms with Crippen LogP contribution >= 0.6 is 0 Å². The maximum absolute atomic E-state index is 12.1. The summed E-state index contributed by atoms with van der Waals surface area (Å²) in [6.45, 7) is 5.34. The smallest absolute Gasteiger partial charge is 0.344 e. The van der Waals surface area contributed by atoms with Crippen LogP contribution in [0.5, 0.6) is 11.5 Å². The van der Waals surface area contributed by atoms with E-state index in [2.05, 4.69) is 59.6 Å². The largest absolute Gasteiger partial charge is 0.497 e. The summed E-state index contributed by atoms with van der Waals surface area (Å²) in [7, 11) is 1.70. The van der Waals surface area contributed by atoms with Crippen molar-refractivity contribution in [1.82, 2.24) is 4.98 Å². The quantitative estimate of drug-likeness (QED) is 0.173. The molecular formula is C41H37N3O4. The van der Waals surface area contributed by atoms with Gasteiger partial charge in [-0.25, -0.2) is 14.8 Å². The van der Waals surface area contributed by atoms with Crippen molar-refractivity contribution in [2.75, 3.05) is 13.7 Å². The van der Waals surface area contributed by atoms with E-state index < -0.39 is 11.6 Å². The highest BCUT2D eigenvalue weighted by atomic mass is 16.6. The molecule has 7 heteroatoms. The van der Waals surface area contributed by atoms with Crippen LogP contribution < -0.4 is 9.47 Å². The van der Waals surface area contributed by atoms with Crippen molar-refractivity contribution in [3.05, 3.63) is 131 Å². The van der Waals surface area contributed by atoms with Gasteiger partial charge in [0, 0.05) is 22.3 Å². The zero-order valence-corrected chi connectivity index (χ0v) is 27.5. The molecule has 7 rings (SSSR count). The van der Waals surface area contributed by atoms with Crippen molar-refractivity contribution in [2.45, 2.75) is 39.2 Å². The number of hydrogen-bond donors (Lipinski definition) is 1. The van der Waals surface area contributed by atoms with Crippen molar-refractivity contribution in [1.29, 1.82) is 0 Å². The van der Waals surface area contributed by atoms with Gasteiger partial charge in [-0.15, -0.1) is 0 Å². The van der Waals surface area contributed by atoms with Crippen LogP contribution in [0.1, 0.15) is 43.0 Å². The summed E-state index contributed by atoms with van der Waals surface area (Å²) in [6, 6.07) is 34.5. The summed E-state index contributed by atoms with van der Waals surface area (Å²) >= 11 is 0. The Bertz CT molecular complexity index is 2070. The average Bonchev–Trinajstić information content (AvgIpc) is 3.69. The van der Waals surface area contributed by atoms with E-state index >= 15 is 0 Å². The van der Waals surface area contributed by atoms with Crippen molar-refractivity contribution >= 4 is 28.9 Å². The number of rotatable bonds is 8. The number of aromatic nitrogens is 1. The fraction of sp³-hybridized carbons (Fsp3) is 0.195. The van der Waals surface area contributed by atoms with Gasteiger partial charge in [0.05, 0.1) is 18.5 Å². The number of esters is 1. The number of benzene rings is 4. The maximum atomic E-state index is 12.1. The van der Waals surface area contributed by atoms with Crippen molar-refractivity contribution in [3.63, 3.8) is 0 Å². The number of amidine groups is 1. The highest BCUT2D eigenvalue weighted by Gasteiger charge is 2.27. The summed E-state index contributed by atoms with van der Waals surface area (Å²) < 4.78 is 16.6. The molecule has 0 spiro atoms. The molecule has 0 fully saturated rings. The molecule has 0 bridgehead atoms. The fourth-order valence-electron chi connectivity index (χ4n) is 6.22. The minimum Gasteiger partial charge on any atom is -0.497 e. The van der Waals surface area contributed by atoms with Crippen LogP contribution in [0.3, 0.4) is 0 Å². The summed E-state index contributed by atoms with van der Waals surface area (Å²) in [4.78, 5) is 26.2. The monoisotopic (exact) mass is 635 g/mol. The fourth-order valence-corrected chi connectivity index (χ4v) is 6.22. The van der Waals surface area contributed by atoms with E-state index in [0.717, 1.165) is 63.6 Å². The van der Waals surface area contributed by atoms with E-state index in [4.69, 9.17) is 24.2 Å². The summed E-state index contributed by atoms with van der Waals surface area (Å²) in [5.41, 5.74) is 10.1. The van der Waals surface area contributed by atoms with E-state index in [9.17, 15) is 4.79 Å². The number of methoxy groups -OCH3 is 1. The van der Waals surface area contributed by atoms with Crippen molar-refractivity contribution < 1.29 is 19.0 Å². The third-order valence-corrected chi connectivity index (χ3v) is 8.35. The first-order valence-electron chi connectivity index (χ1n) is 16.1. The number of nitrogens with zero attached hydrogens (tertiary/aromatic N) is 2. The molecule has 0 radical (unpaired) electrons. The molecule has 2 aliphatic rings. The van der Waals surface area contributed by atoms with Gasteiger partial charge in [0.1, 0.15) is 22.9 Å². The Labute approximate surface area is 280 Å². The number of fused-ring (bicyclic) bond motifs is 3. The molecule has 1 aromatic heterocycles. The van der Waals surface area contributed by atoms with Gasteiger partial charge in [0.2, 0.25) is 0 Å². The number of H-pyrrole nitrogens is 1. The molecular weight excluding hydrogens is 598 g/mol. The van der Waals surface area contributed by atoms with Gasteiger partial charge >= 0.3 is 5.97 Å². The number of hydrogen-bond acceptors (Lipinski definition) is 5. The molecule has 0 amide bonds. The molecule has 0 atom stereocenters. The minimum atomic E-state index is -0.563. The number of nitrogens with one attached hydrogen (secondary N) is 1. The molecule has 240 valence electrons. The second kappa shape index (κ2) is 12.8. The van der Waals surface area contributed by atoms with Crippen LogP contribution in [0, 0.1) is 0 Å². The molecule has 4 aromatic carbocycles. The Hall–Kier alpha value is -5.69. The van der Waals surface area contributed by atoms with Crippen molar-refractivity contribution in [3.8, 4) is 33.9 Å². The first-order valence-corrected chi connectivity index (χ1v) is 16.1. The summed E-state index contributed by atoms with van der Waals surface area (Å²) in [5.74, 6) is 2.44. The molecule has 0 saturated carbocycles. The number of aliphatic imine (C=N–C) groups is 2. The van der Waals surface area contributed by atoms with E-state index in [1.807, 2.05) is 75.4 Å². The summed E-state index contributed by atoms with van der Waals surface area (Å²) in [6.07, 6.45) is 3.89. The Morgan fingerprint density at radius 1 is 0.833 bits per heavy atom. The lowest BCUT2D eigenvalue weighted by atomic mass is 9.87. The second-order valence-corrected chi connectivity index (χ2v) is 12.8. The van der Waals surface area contributed by atoms with E-state index in [-0.39, 0.29) is 6.61 Å². The number of carbonyl (C=O) groups excluding carboxylic acids is 1. The maximum Gasteiger partial charge on any atom is 0.344 e. The molecule has 48 heavy (non-hydrogen) atoms. The van der Waals surface area contributed by atoms with Gasteiger partial charge in [-0.05, 0) is 104 Å². The first kappa shape index (κ1) is 30.9. The molecule has 7 nitrogen and oxygen atoms in total. The van der Waals surface area contributed by atoms with Gasteiger partial charge in [-0.1, -0.05) is 60.7 Å². The molecule has 0 saturated heterocycles. The third kappa shape index (κ3) is 6.45. The lowest BCUT2D eigenvalue weighted by Gasteiger charge is -2.19. The molecule has 1 N–H and O–H groups in total. The lowest BCUT2D eigenvalue weighted by molar-refractivity contribution is -0.157.